The first-order chi connectivity index (χ1) is 9.22. The molecule has 0 amide bonds. The number of fused-ring (bicyclic) bond motifs is 1. The van der Waals surface area contributed by atoms with E-state index in [1.54, 1.807) is 6.20 Å². The second-order valence-electron chi connectivity index (χ2n) is 4.72. The quantitative estimate of drug-likeness (QED) is 0.768. The highest BCUT2D eigenvalue weighted by atomic mass is 16.1. The Bertz CT molecular complexity index is 612. The lowest BCUT2D eigenvalue weighted by Gasteiger charge is -2.21. The molecular weight excluding hydrogens is 238 g/mol. The zero-order valence-electron chi connectivity index (χ0n) is 10.9. The number of hydrogen-bond acceptors (Lipinski definition) is 4. The van der Waals surface area contributed by atoms with Crippen LogP contribution >= 0.6 is 0 Å². The third-order valence-corrected chi connectivity index (χ3v) is 3.65. The molecular formula is C15H15N3O. The lowest BCUT2D eigenvalue weighted by atomic mass is 10.1. The summed E-state index contributed by atoms with van der Waals surface area (Å²) in [4.78, 5) is 19.3. The number of carbonyl (C=O) groups is 1. The molecule has 1 aromatic carbocycles. The summed E-state index contributed by atoms with van der Waals surface area (Å²) in [6.45, 7) is 0. The molecule has 1 aliphatic rings. The average Bonchev–Trinajstić information content (AvgIpc) is 2.71. The number of aldehydes is 1. The Hall–Kier alpha value is -2.36. The topological polar surface area (TPSA) is 36.4 Å². The highest BCUT2D eigenvalue weighted by Crippen LogP contribution is 2.39. The van der Waals surface area contributed by atoms with Gasteiger partial charge in [0.25, 0.3) is 0 Å². The van der Waals surface area contributed by atoms with E-state index in [1.807, 2.05) is 42.2 Å². The smallest absolute Gasteiger partial charge is 0.162 e. The van der Waals surface area contributed by atoms with Crippen molar-refractivity contribution in [1.82, 2.24) is 4.98 Å². The Balaban J connectivity index is 2.07. The lowest BCUT2D eigenvalue weighted by molar-refractivity contribution is -0.108. The highest BCUT2D eigenvalue weighted by Gasteiger charge is 2.30. The maximum Gasteiger partial charge on any atom is 0.162 e. The van der Waals surface area contributed by atoms with Crippen LogP contribution in [0.4, 0.5) is 11.4 Å². The van der Waals surface area contributed by atoms with E-state index in [0.717, 1.165) is 28.8 Å². The maximum absolute atomic E-state index is 11.2. The minimum Gasteiger partial charge on any atom is -0.347 e. The fourth-order valence-electron chi connectivity index (χ4n) is 2.54. The van der Waals surface area contributed by atoms with Crippen molar-refractivity contribution < 1.29 is 4.79 Å². The van der Waals surface area contributed by atoms with Crippen LogP contribution in [0.1, 0.15) is 0 Å². The summed E-state index contributed by atoms with van der Waals surface area (Å²) in [5.41, 5.74) is 4.34. The van der Waals surface area contributed by atoms with Crippen molar-refractivity contribution >= 4 is 17.7 Å². The third kappa shape index (κ3) is 1.76. The number of carbonyl (C=O) groups excluding carboxylic acids is 1. The van der Waals surface area contributed by atoms with Gasteiger partial charge in [-0.2, -0.15) is 0 Å². The van der Waals surface area contributed by atoms with E-state index in [0.29, 0.717) is 0 Å². The van der Waals surface area contributed by atoms with Gasteiger partial charge in [0.15, 0.2) is 12.5 Å². The second-order valence-corrected chi connectivity index (χ2v) is 4.72. The second kappa shape index (κ2) is 4.39. The van der Waals surface area contributed by atoms with Crippen molar-refractivity contribution in [2.45, 2.75) is 6.17 Å². The first-order valence-electron chi connectivity index (χ1n) is 6.18. The number of hydrogen-bond donors (Lipinski definition) is 0. The summed E-state index contributed by atoms with van der Waals surface area (Å²) in [5.74, 6) is 0. The molecule has 4 nitrogen and oxygen atoms in total. The fourth-order valence-corrected chi connectivity index (χ4v) is 2.54. The van der Waals surface area contributed by atoms with Gasteiger partial charge in [-0.25, -0.2) is 0 Å². The van der Waals surface area contributed by atoms with Crippen molar-refractivity contribution in [2.24, 2.45) is 0 Å². The van der Waals surface area contributed by atoms with Crippen LogP contribution in [-0.4, -0.2) is 31.5 Å². The van der Waals surface area contributed by atoms with Crippen LogP contribution in [0.5, 0.6) is 0 Å². The van der Waals surface area contributed by atoms with Gasteiger partial charge in [0, 0.05) is 32.1 Å². The largest absolute Gasteiger partial charge is 0.347 e. The average molecular weight is 253 g/mol. The standard InChI is InChI=1S/C15H15N3O/c1-17-13-6-5-11(12-4-3-7-16-9-12)8-14(13)18(2)15(17)10-19/h3-10,15H,1-2H3. The van der Waals surface area contributed by atoms with E-state index in [1.165, 1.54) is 0 Å². The molecule has 19 heavy (non-hydrogen) atoms. The van der Waals surface area contributed by atoms with Crippen molar-refractivity contribution in [3.63, 3.8) is 0 Å². The SMILES string of the molecule is CN1c2ccc(-c3cccnc3)cc2N(C)C1C=O. The van der Waals surface area contributed by atoms with Gasteiger partial charge in [0.1, 0.15) is 0 Å². The molecule has 1 atom stereocenters. The molecule has 4 heteroatoms. The molecule has 1 aliphatic heterocycles. The normalized spacial score (nSPS) is 17.5. The molecule has 0 saturated carbocycles. The van der Waals surface area contributed by atoms with Gasteiger partial charge in [-0.15, -0.1) is 0 Å². The molecule has 0 spiro atoms. The van der Waals surface area contributed by atoms with E-state index in [2.05, 4.69) is 23.2 Å². The Labute approximate surface area is 112 Å². The number of aromatic nitrogens is 1. The minimum atomic E-state index is -0.223. The zero-order valence-corrected chi connectivity index (χ0v) is 10.9. The number of pyridine rings is 1. The predicted octanol–water partition coefficient (Wildman–Crippen LogP) is 2.16. The summed E-state index contributed by atoms with van der Waals surface area (Å²) < 4.78 is 0. The number of benzene rings is 1. The van der Waals surface area contributed by atoms with Gasteiger partial charge in [-0.3, -0.25) is 9.78 Å². The molecule has 0 bridgehead atoms. The minimum absolute atomic E-state index is 0.223. The first-order valence-corrected chi connectivity index (χ1v) is 6.18. The van der Waals surface area contributed by atoms with E-state index < -0.39 is 0 Å². The Morgan fingerprint density at radius 2 is 1.89 bits per heavy atom. The van der Waals surface area contributed by atoms with Crippen LogP contribution < -0.4 is 9.80 Å². The van der Waals surface area contributed by atoms with Crippen molar-refractivity contribution in [3.05, 3.63) is 42.7 Å². The molecule has 3 rings (SSSR count). The van der Waals surface area contributed by atoms with E-state index in [-0.39, 0.29) is 6.17 Å². The Morgan fingerprint density at radius 3 is 2.58 bits per heavy atom. The first kappa shape index (κ1) is 11.7. The summed E-state index contributed by atoms with van der Waals surface area (Å²) in [6.07, 6.45) is 4.35. The van der Waals surface area contributed by atoms with Crippen molar-refractivity contribution in [1.29, 1.82) is 0 Å². The van der Waals surface area contributed by atoms with E-state index >= 15 is 0 Å². The summed E-state index contributed by atoms with van der Waals surface area (Å²) in [6, 6.07) is 10.2. The van der Waals surface area contributed by atoms with Crippen LogP contribution in [0.3, 0.4) is 0 Å². The number of nitrogens with zero attached hydrogens (tertiary/aromatic N) is 3. The molecule has 2 heterocycles. The zero-order chi connectivity index (χ0) is 13.4. The highest BCUT2D eigenvalue weighted by molar-refractivity contribution is 5.88. The van der Waals surface area contributed by atoms with Crippen molar-refractivity contribution in [2.75, 3.05) is 23.9 Å². The summed E-state index contributed by atoms with van der Waals surface area (Å²) in [5, 5.41) is 0. The maximum atomic E-state index is 11.2. The van der Waals surface area contributed by atoms with E-state index in [9.17, 15) is 4.79 Å². The molecule has 1 aromatic heterocycles. The molecule has 0 saturated heterocycles. The molecule has 1 unspecified atom stereocenters. The van der Waals surface area contributed by atoms with Gasteiger partial charge in [0.05, 0.1) is 11.4 Å². The van der Waals surface area contributed by atoms with E-state index in [4.69, 9.17) is 0 Å². The molecule has 0 N–H and O–H groups in total. The van der Waals surface area contributed by atoms with Gasteiger partial charge in [0.2, 0.25) is 0 Å². The van der Waals surface area contributed by atoms with Gasteiger partial charge >= 0.3 is 0 Å². The number of anilines is 2. The fraction of sp³-hybridized carbons (Fsp3) is 0.200. The summed E-state index contributed by atoms with van der Waals surface area (Å²) >= 11 is 0. The monoisotopic (exact) mass is 253 g/mol. The van der Waals surface area contributed by atoms with Crippen LogP contribution in [0.15, 0.2) is 42.7 Å². The van der Waals surface area contributed by atoms with Crippen LogP contribution in [0.25, 0.3) is 11.1 Å². The molecule has 0 aliphatic carbocycles. The van der Waals surface area contributed by atoms with Gasteiger partial charge in [-0.1, -0.05) is 12.1 Å². The molecule has 0 radical (unpaired) electrons. The Kier molecular flexibility index (Phi) is 2.71. The number of rotatable bonds is 2. The van der Waals surface area contributed by atoms with Crippen LogP contribution in [0.2, 0.25) is 0 Å². The summed E-state index contributed by atoms with van der Waals surface area (Å²) in [7, 11) is 3.87. The van der Waals surface area contributed by atoms with Crippen LogP contribution in [-0.2, 0) is 4.79 Å². The molecule has 0 fully saturated rings. The lowest BCUT2D eigenvalue weighted by Crippen LogP contribution is -2.40. The number of likely N-dealkylation sites (N-methyl/N-ethyl adjacent to an activating group) is 2. The predicted molar refractivity (Wildman–Crippen MR) is 76.3 cm³/mol. The van der Waals surface area contributed by atoms with Gasteiger partial charge in [-0.05, 0) is 23.8 Å². The molecule has 2 aromatic rings. The van der Waals surface area contributed by atoms with Crippen LogP contribution in [0, 0.1) is 0 Å². The molecule has 96 valence electrons. The van der Waals surface area contributed by atoms with Crippen molar-refractivity contribution in [3.8, 4) is 11.1 Å². The third-order valence-electron chi connectivity index (χ3n) is 3.65. The Morgan fingerprint density at radius 1 is 1.11 bits per heavy atom. The van der Waals surface area contributed by atoms with Gasteiger partial charge < -0.3 is 9.80 Å².